The highest BCUT2D eigenvalue weighted by molar-refractivity contribution is 7.91. The van der Waals surface area contributed by atoms with E-state index in [1.165, 1.54) is 11.3 Å². The average molecular weight is 290 g/mol. The molecule has 3 N–H and O–H groups in total. The Kier molecular flexibility index (Phi) is 5.97. The Hall–Kier alpha value is -0.730. The number of hydrogen-bond acceptors (Lipinski definition) is 5. The van der Waals surface area contributed by atoms with Gasteiger partial charge in [-0.15, -0.1) is 17.9 Å². The van der Waals surface area contributed by atoms with Gasteiger partial charge >= 0.3 is 0 Å². The summed E-state index contributed by atoms with van der Waals surface area (Å²) in [6.45, 7) is 6.30. The summed E-state index contributed by atoms with van der Waals surface area (Å²) >= 11 is 1.18. The van der Waals surface area contributed by atoms with Gasteiger partial charge in [0.25, 0.3) is 0 Å². The third-order valence-electron chi connectivity index (χ3n) is 2.16. The topological polar surface area (TPSA) is 81.4 Å². The zero-order valence-electron chi connectivity index (χ0n) is 10.3. The van der Waals surface area contributed by atoms with Crippen molar-refractivity contribution in [3.05, 3.63) is 29.7 Å². The van der Waals surface area contributed by atoms with Crippen molar-refractivity contribution >= 4 is 21.4 Å². The molecule has 0 radical (unpaired) electrons. The predicted octanol–water partition coefficient (Wildman–Crippen LogP) is 1.08. The Balaban J connectivity index is 2.56. The van der Waals surface area contributed by atoms with Crippen LogP contribution in [0.5, 0.6) is 0 Å². The fourth-order valence-electron chi connectivity index (χ4n) is 1.20. The van der Waals surface area contributed by atoms with Crippen LogP contribution in [0.25, 0.3) is 0 Å². The molecular weight excluding hydrogens is 272 g/mol. The van der Waals surface area contributed by atoms with Gasteiger partial charge < -0.3 is 10.5 Å². The Morgan fingerprint density at radius 3 is 2.89 bits per heavy atom. The molecule has 1 rings (SSSR count). The zero-order valence-corrected chi connectivity index (χ0v) is 11.9. The first-order valence-electron chi connectivity index (χ1n) is 5.50. The molecular formula is C11H18N2O3S2. The van der Waals surface area contributed by atoms with Gasteiger partial charge in [-0.25, -0.2) is 13.1 Å². The molecule has 0 aliphatic carbocycles. The summed E-state index contributed by atoms with van der Waals surface area (Å²) in [6, 6.07) is 3.28. The number of nitrogens with one attached hydrogen (secondary N) is 1. The maximum absolute atomic E-state index is 11.9. The van der Waals surface area contributed by atoms with Crippen LogP contribution in [0.3, 0.4) is 0 Å². The Morgan fingerprint density at radius 1 is 1.61 bits per heavy atom. The van der Waals surface area contributed by atoms with Crippen LogP contribution in [-0.2, 0) is 21.3 Å². The third kappa shape index (κ3) is 4.51. The van der Waals surface area contributed by atoms with Crippen LogP contribution in [0.15, 0.2) is 29.0 Å². The van der Waals surface area contributed by atoms with E-state index in [2.05, 4.69) is 11.3 Å². The molecule has 0 aromatic carbocycles. The van der Waals surface area contributed by atoms with E-state index in [1.807, 2.05) is 0 Å². The number of ether oxygens (including phenoxy) is 1. The third-order valence-corrected chi connectivity index (χ3v) is 5.19. The molecule has 0 fully saturated rings. The summed E-state index contributed by atoms with van der Waals surface area (Å²) < 4.78 is 31.9. The van der Waals surface area contributed by atoms with E-state index in [0.717, 1.165) is 4.88 Å². The van der Waals surface area contributed by atoms with Gasteiger partial charge in [0.1, 0.15) is 4.21 Å². The minimum atomic E-state index is -3.46. The minimum absolute atomic E-state index is 0.202. The molecule has 0 bridgehead atoms. The van der Waals surface area contributed by atoms with E-state index in [0.29, 0.717) is 13.2 Å². The van der Waals surface area contributed by atoms with Crippen molar-refractivity contribution < 1.29 is 13.2 Å². The van der Waals surface area contributed by atoms with Crippen LogP contribution in [0.1, 0.15) is 11.8 Å². The van der Waals surface area contributed by atoms with Crippen molar-refractivity contribution in [2.45, 2.75) is 23.8 Å². The largest absolute Gasteiger partial charge is 0.373 e. The number of rotatable bonds is 8. The molecule has 0 aliphatic heterocycles. The van der Waals surface area contributed by atoms with Gasteiger partial charge in [-0.2, -0.15) is 0 Å². The highest BCUT2D eigenvalue weighted by atomic mass is 32.2. The van der Waals surface area contributed by atoms with Crippen LogP contribution in [-0.4, -0.2) is 27.7 Å². The second-order valence-corrected chi connectivity index (χ2v) is 6.87. The fraction of sp³-hybridized carbons (Fsp3) is 0.455. The smallest absolute Gasteiger partial charge is 0.250 e. The van der Waals surface area contributed by atoms with Crippen molar-refractivity contribution in [3.8, 4) is 0 Å². The molecule has 102 valence electrons. The molecule has 0 saturated carbocycles. The van der Waals surface area contributed by atoms with Gasteiger partial charge in [-0.3, -0.25) is 0 Å². The minimum Gasteiger partial charge on any atom is -0.373 e. The van der Waals surface area contributed by atoms with E-state index in [4.69, 9.17) is 10.5 Å². The first-order valence-corrected chi connectivity index (χ1v) is 7.80. The molecule has 7 heteroatoms. The summed E-state index contributed by atoms with van der Waals surface area (Å²) in [5, 5.41) is 0. The van der Waals surface area contributed by atoms with Gasteiger partial charge in [-0.05, 0) is 19.1 Å². The normalized spacial score (nSPS) is 13.4. The van der Waals surface area contributed by atoms with Crippen molar-refractivity contribution in [3.63, 3.8) is 0 Å². The lowest BCUT2D eigenvalue weighted by molar-refractivity contribution is 0.0921. The maximum Gasteiger partial charge on any atom is 0.250 e. The summed E-state index contributed by atoms with van der Waals surface area (Å²) in [7, 11) is -3.46. The molecule has 1 unspecified atom stereocenters. The lowest BCUT2D eigenvalue weighted by Crippen LogP contribution is -2.31. The van der Waals surface area contributed by atoms with E-state index in [1.54, 1.807) is 25.1 Å². The Labute approximate surface area is 112 Å². The van der Waals surface area contributed by atoms with Crippen LogP contribution in [0.2, 0.25) is 0 Å². The SMILES string of the molecule is C=CCOC(C)CNS(=O)(=O)c1ccc(CN)s1. The predicted molar refractivity (Wildman–Crippen MR) is 73.0 cm³/mol. The molecule has 1 heterocycles. The standard InChI is InChI=1S/C11H18N2O3S2/c1-3-6-16-9(2)8-13-18(14,15)11-5-4-10(7-12)17-11/h3-5,9,13H,1,6-8,12H2,2H3. The molecule has 5 nitrogen and oxygen atoms in total. The summed E-state index contributed by atoms with van der Waals surface area (Å²) in [5.74, 6) is 0. The molecule has 0 amide bonds. The van der Waals surface area contributed by atoms with Crippen LogP contribution in [0.4, 0.5) is 0 Å². The molecule has 1 atom stereocenters. The first-order chi connectivity index (χ1) is 8.49. The molecule has 1 aromatic rings. The van der Waals surface area contributed by atoms with Gasteiger partial charge in [0.05, 0.1) is 12.7 Å². The van der Waals surface area contributed by atoms with E-state index < -0.39 is 10.0 Å². The number of thiophene rings is 1. The Bertz CT molecular complexity index is 482. The molecule has 1 aromatic heterocycles. The number of nitrogens with two attached hydrogens (primary N) is 1. The van der Waals surface area contributed by atoms with Crippen molar-refractivity contribution in [1.29, 1.82) is 0 Å². The number of sulfonamides is 1. The molecule has 0 aliphatic rings. The highest BCUT2D eigenvalue weighted by Gasteiger charge is 2.17. The van der Waals surface area contributed by atoms with Crippen molar-refractivity contribution in [1.82, 2.24) is 4.72 Å². The van der Waals surface area contributed by atoms with Crippen molar-refractivity contribution in [2.24, 2.45) is 5.73 Å². The second kappa shape index (κ2) is 7.01. The van der Waals surface area contributed by atoms with Crippen LogP contribution >= 0.6 is 11.3 Å². The van der Waals surface area contributed by atoms with E-state index in [-0.39, 0.29) is 16.9 Å². The van der Waals surface area contributed by atoms with Crippen LogP contribution < -0.4 is 10.5 Å². The lowest BCUT2D eigenvalue weighted by atomic mass is 10.4. The quantitative estimate of drug-likeness (QED) is 0.702. The van der Waals surface area contributed by atoms with Gasteiger partial charge in [0.2, 0.25) is 10.0 Å². The first kappa shape index (κ1) is 15.3. The number of hydrogen-bond donors (Lipinski definition) is 2. The Morgan fingerprint density at radius 2 is 2.33 bits per heavy atom. The van der Waals surface area contributed by atoms with Crippen LogP contribution in [0, 0.1) is 0 Å². The highest BCUT2D eigenvalue weighted by Crippen LogP contribution is 2.20. The van der Waals surface area contributed by atoms with Gasteiger partial charge in [0.15, 0.2) is 0 Å². The van der Waals surface area contributed by atoms with Gasteiger partial charge in [-0.1, -0.05) is 6.08 Å². The second-order valence-electron chi connectivity index (χ2n) is 3.71. The molecule has 0 spiro atoms. The van der Waals surface area contributed by atoms with Crippen molar-refractivity contribution in [2.75, 3.05) is 13.2 Å². The summed E-state index contributed by atoms with van der Waals surface area (Å²) in [4.78, 5) is 0.839. The van der Waals surface area contributed by atoms with E-state index >= 15 is 0 Å². The summed E-state index contributed by atoms with van der Waals surface area (Å²) in [6.07, 6.45) is 1.42. The van der Waals surface area contributed by atoms with Gasteiger partial charge in [0, 0.05) is 18.0 Å². The average Bonchev–Trinajstić information content (AvgIpc) is 2.83. The molecule has 18 heavy (non-hydrogen) atoms. The van der Waals surface area contributed by atoms with E-state index in [9.17, 15) is 8.42 Å². The molecule has 0 saturated heterocycles. The summed E-state index contributed by atoms with van der Waals surface area (Å²) in [5.41, 5.74) is 5.45. The maximum atomic E-state index is 11.9. The lowest BCUT2D eigenvalue weighted by Gasteiger charge is -2.12. The zero-order chi connectivity index (χ0) is 13.6. The monoisotopic (exact) mass is 290 g/mol. The fourth-order valence-corrected chi connectivity index (χ4v) is 3.60.